The van der Waals surface area contributed by atoms with Crippen LogP contribution in [0.25, 0.3) is 10.9 Å². The number of benzene rings is 1. The number of aromatic nitrogens is 1. The van der Waals surface area contributed by atoms with Crippen LogP contribution in [0.2, 0.25) is 0 Å². The van der Waals surface area contributed by atoms with Crippen molar-refractivity contribution in [2.75, 3.05) is 0 Å². The maximum Gasteiger partial charge on any atom is 0.336 e. The Kier molecular flexibility index (Phi) is 3.46. The molecule has 0 atom stereocenters. The normalized spacial score (nSPS) is 15.9. The number of rotatable bonds is 2. The molecule has 3 rings (SSSR count). The summed E-state index contributed by atoms with van der Waals surface area (Å²) in [6, 6.07) is 4.43. The summed E-state index contributed by atoms with van der Waals surface area (Å²) in [6.07, 6.45) is 4.33. The number of aromatic carboxylic acids is 1. The van der Waals surface area contributed by atoms with Crippen LogP contribution < -0.4 is 0 Å². The van der Waals surface area contributed by atoms with Gasteiger partial charge in [0.05, 0.1) is 15.6 Å². The van der Waals surface area contributed by atoms with E-state index in [4.69, 9.17) is 0 Å². The van der Waals surface area contributed by atoms with Gasteiger partial charge in [-0.05, 0) is 40.9 Å². The van der Waals surface area contributed by atoms with Gasteiger partial charge >= 0.3 is 5.97 Å². The van der Waals surface area contributed by atoms with Gasteiger partial charge in [0.2, 0.25) is 0 Å². The van der Waals surface area contributed by atoms with Gasteiger partial charge in [0.1, 0.15) is 5.82 Å². The van der Waals surface area contributed by atoms with Crippen LogP contribution in [-0.2, 0) is 0 Å². The van der Waals surface area contributed by atoms with E-state index in [1.165, 1.54) is 12.1 Å². The monoisotopic (exact) mass is 337 g/mol. The largest absolute Gasteiger partial charge is 0.478 e. The summed E-state index contributed by atoms with van der Waals surface area (Å²) in [5.41, 5.74) is 1.37. The van der Waals surface area contributed by atoms with Crippen molar-refractivity contribution in [1.29, 1.82) is 0 Å². The molecular weight excluding hydrogens is 325 g/mol. The van der Waals surface area contributed by atoms with Gasteiger partial charge in [0.15, 0.2) is 0 Å². The average molecular weight is 338 g/mol. The molecule has 1 heterocycles. The second kappa shape index (κ2) is 5.13. The average Bonchev–Trinajstić information content (AvgIpc) is 2.92. The van der Waals surface area contributed by atoms with Gasteiger partial charge in [0, 0.05) is 23.1 Å². The third-order valence-electron chi connectivity index (χ3n) is 3.87. The molecule has 0 bridgehead atoms. The molecule has 104 valence electrons. The first-order valence-electron chi connectivity index (χ1n) is 6.59. The van der Waals surface area contributed by atoms with Crippen LogP contribution >= 0.6 is 15.9 Å². The molecule has 2 aromatic rings. The number of carbonyl (C=O) groups is 1. The number of carboxylic acids is 1. The first kappa shape index (κ1) is 13.5. The van der Waals surface area contributed by atoms with E-state index in [1.54, 1.807) is 6.07 Å². The van der Waals surface area contributed by atoms with Gasteiger partial charge in [-0.1, -0.05) is 12.8 Å². The minimum atomic E-state index is -1.00. The van der Waals surface area contributed by atoms with Gasteiger partial charge in [-0.15, -0.1) is 0 Å². The third kappa shape index (κ3) is 2.30. The molecule has 0 saturated heterocycles. The molecule has 0 unspecified atom stereocenters. The van der Waals surface area contributed by atoms with Crippen LogP contribution in [-0.4, -0.2) is 16.1 Å². The number of carboxylic acid groups (broad SMARTS) is 1. The van der Waals surface area contributed by atoms with Crippen molar-refractivity contribution in [3.63, 3.8) is 0 Å². The fourth-order valence-electron chi connectivity index (χ4n) is 2.85. The second-order valence-corrected chi connectivity index (χ2v) is 6.02. The highest BCUT2D eigenvalue weighted by Gasteiger charge is 2.22. The zero-order valence-electron chi connectivity index (χ0n) is 10.7. The number of hydrogen-bond donors (Lipinski definition) is 1. The van der Waals surface area contributed by atoms with Crippen LogP contribution in [0.1, 0.15) is 47.7 Å². The number of pyridine rings is 1. The lowest BCUT2D eigenvalue weighted by atomic mass is 9.99. The Morgan fingerprint density at radius 3 is 2.65 bits per heavy atom. The molecule has 1 aromatic carbocycles. The predicted octanol–water partition coefficient (Wildman–Crippen LogP) is 4.49. The lowest BCUT2D eigenvalue weighted by Crippen LogP contribution is -2.04. The SMILES string of the molecule is O=C(O)c1cc(C2CCCC2)nc2cc(F)c(Br)cc12. The molecule has 20 heavy (non-hydrogen) atoms. The van der Waals surface area contributed by atoms with Crippen molar-refractivity contribution in [2.24, 2.45) is 0 Å². The van der Waals surface area contributed by atoms with E-state index in [1.807, 2.05) is 0 Å². The predicted molar refractivity (Wildman–Crippen MR) is 77.6 cm³/mol. The quantitative estimate of drug-likeness (QED) is 0.878. The number of hydrogen-bond acceptors (Lipinski definition) is 2. The van der Waals surface area contributed by atoms with E-state index in [-0.39, 0.29) is 10.0 Å². The van der Waals surface area contributed by atoms with Gasteiger partial charge in [-0.2, -0.15) is 0 Å². The summed E-state index contributed by atoms with van der Waals surface area (Å²) in [5, 5.41) is 9.84. The van der Waals surface area contributed by atoms with E-state index in [9.17, 15) is 14.3 Å². The molecule has 0 aliphatic heterocycles. The van der Waals surface area contributed by atoms with E-state index >= 15 is 0 Å². The second-order valence-electron chi connectivity index (χ2n) is 5.16. The van der Waals surface area contributed by atoms with Gasteiger partial charge in [-0.3, -0.25) is 4.98 Å². The van der Waals surface area contributed by atoms with Crippen molar-refractivity contribution in [1.82, 2.24) is 4.98 Å². The van der Waals surface area contributed by atoms with Crippen LogP contribution in [0, 0.1) is 5.82 Å². The topological polar surface area (TPSA) is 50.2 Å². The van der Waals surface area contributed by atoms with Crippen molar-refractivity contribution >= 4 is 32.8 Å². The summed E-state index contributed by atoms with van der Waals surface area (Å²) in [4.78, 5) is 15.9. The third-order valence-corrected chi connectivity index (χ3v) is 4.48. The zero-order chi connectivity index (χ0) is 14.3. The molecular formula is C15H13BrFNO2. The van der Waals surface area contributed by atoms with Crippen LogP contribution in [0.5, 0.6) is 0 Å². The number of fused-ring (bicyclic) bond motifs is 1. The highest BCUT2D eigenvalue weighted by molar-refractivity contribution is 9.10. The Morgan fingerprint density at radius 1 is 1.30 bits per heavy atom. The Balaban J connectivity index is 2.24. The van der Waals surface area contributed by atoms with E-state index < -0.39 is 11.8 Å². The summed E-state index contributed by atoms with van der Waals surface area (Å²) >= 11 is 3.09. The van der Waals surface area contributed by atoms with E-state index in [2.05, 4.69) is 20.9 Å². The summed E-state index contributed by atoms with van der Waals surface area (Å²) in [5.74, 6) is -1.13. The van der Waals surface area contributed by atoms with Crippen LogP contribution in [0.3, 0.4) is 0 Å². The lowest BCUT2D eigenvalue weighted by molar-refractivity contribution is 0.0699. The Labute approximate surface area is 124 Å². The van der Waals surface area contributed by atoms with Gasteiger partial charge < -0.3 is 5.11 Å². The van der Waals surface area contributed by atoms with Crippen molar-refractivity contribution in [2.45, 2.75) is 31.6 Å². The molecule has 0 spiro atoms. The maximum atomic E-state index is 13.7. The molecule has 3 nitrogen and oxygen atoms in total. The van der Waals surface area contributed by atoms with Gasteiger partial charge in [0.25, 0.3) is 0 Å². The smallest absolute Gasteiger partial charge is 0.336 e. The molecule has 1 aliphatic rings. The number of nitrogens with zero attached hydrogens (tertiary/aromatic N) is 1. The first-order valence-corrected chi connectivity index (χ1v) is 7.38. The first-order chi connectivity index (χ1) is 9.56. The van der Waals surface area contributed by atoms with Gasteiger partial charge in [-0.25, -0.2) is 9.18 Å². The summed E-state index contributed by atoms with van der Waals surface area (Å²) in [6.45, 7) is 0. The molecule has 5 heteroatoms. The van der Waals surface area contributed by atoms with Crippen LogP contribution in [0.4, 0.5) is 4.39 Å². The highest BCUT2D eigenvalue weighted by Crippen LogP contribution is 2.35. The Bertz CT molecular complexity index is 696. The van der Waals surface area contributed by atoms with Crippen molar-refractivity contribution in [3.8, 4) is 0 Å². The van der Waals surface area contributed by atoms with Crippen molar-refractivity contribution < 1.29 is 14.3 Å². The van der Waals surface area contributed by atoms with Crippen molar-refractivity contribution in [3.05, 3.63) is 39.7 Å². The van der Waals surface area contributed by atoms with E-state index in [0.717, 1.165) is 31.4 Å². The molecule has 1 aromatic heterocycles. The fraction of sp³-hybridized carbons (Fsp3) is 0.333. The van der Waals surface area contributed by atoms with Crippen LogP contribution in [0.15, 0.2) is 22.7 Å². The summed E-state index contributed by atoms with van der Waals surface area (Å²) in [7, 11) is 0. The lowest BCUT2D eigenvalue weighted by Gasteiger charge is -2.12. The Hall–Kier alpha value is -1.49. The molecule has 1 N–H and O–H groups in total. The minimum absolute atomic E-state index is 0.192. The standard InChI is InChI=1S/C15H13BrFNO2/c16-11-5-9-10(15(19)20)6-13(8-3-1-2-4-8)18-14(9)7-12(11)17/h5-8H,1-4H2,(H,19,20). The minimum Gasteiger partial charge on any atom is -0.478 e. The number of halogens is 2. The van der Waals surface area contributed by atoms with E-state index in [0.29, 0.717) is 16.8 Å². The molecule has 1 saturated carbocycles. The molecule has 0 amide bonds. The molecule has 0 radical (unpaired) electrons. The Morgan fingerprint density at radius 2 is 2.00 bits per heavy atom. The highest BCUT2D eigenvalue weighted by atomic mass is 79.9. The maximum absolute atomic E-state index is 13.7. The molecule has 1 fully saturated rings. The zero-order valence-corrected chi connectivity index (χ0v) is 12.3. The fourth-order valence-corrected chi connectivity index (χ4v) is 3.19. The molecule has 1 aliphatic carbocycles. The summed E-state index contributed by atoms with van der Waals surface area (Å²) < 4.78 is 13.9.